The number of benzene rings is 2. The van der Waals surface area contributed by atoms with Gasteiger partial charge in [-0.3, -0.25) is 4.90 Å². The largest absolute Gasteiger partial charge is 0.489 e. The fraction of sp³-hybridized carbons (Fsp3) is 0.400. The van der Waals surface area contributed by atoms with Gasteiger partial charge in [-0.15, -0.1) is 0 Å². The topological polar surface area (TPSA) is 30.9 Å². The highest BCUT2D eigenvalue weighted by atomic mass is 127. The molecule has 3 rings (SSSR count). The van der Waals surface area contributed by atoms with Gasteiger partial charge in [0.15, 0.2) is 11.5 Å². The molecule has 4 nitrogen and oxygen atoms in total. The number of ether oxygens (including phenoxy) is 3. The van der Waals surface area contributed by atoms with Gasteiger partial charge in [-0.25, -0.2) is 0 Å². The van der Waals surface area contributed by atoms with Gasteiger partial charge in [0.2, 0.25) is 0 Å². The Morgan fingerprint density at radius 1 is 1.19 bits per heavy atom. The second-order valence-electron chi connectivity index (χ2n) is 6.17. The molecule has 1 atom stereocenters. The summed E-state index contributed by atoms with van der Waals surface area (Å²) < 4.78 is 18.7. The summed E-state index contributed by atoms with van der Waals surface area (Å²) in [5.74, 6) is 1.58. The third kappa shape index (κ3) is 5.49. The molecule has 0 amide bonds. The number of para-hydroxylation sites is 1. The van der Waals surface area contributed by atoms with E-state index in [9.17, 15) is 0 Å². The minimum atomic E-state index is 0.0448. The van der Waals surface area contributed by atoms with Crippen LogP contribution in [0.2, 0.25) is 5.02 Å². The lowest BCUT2D eigenvalue weighted by atomic mass is 10.2. The maximum atomic E-state index is 6.03. The lowest BCUT2D eigenvalue weighted by molar-refractivity contribution is -0.0507. The van der Waals surface area contributed by atoms with Crippen molar-refractivity contribution in [3.05, 3.63) is 56.6 Å². The molecule has 2 aromatic rings. The van der Waals surface area contributed by atoms with Crippen LogP contribution >= 0.6 is 34.2 Å². The Morgan fingerprint density at radius 3 is 2.77 bits per heavy atom. The zero-order chi connectivity index (χ0) is 18.4. The van der Waals surface area contributed by atoms with Gasteiger partial charge in [-0.1, -0.05) is 29.8 Å². The molecule has 1 saturated heterocycles. The first-order valence-electron chi connectivity index (χ1n) is 8.78. The maximum Gasteiger partial charge on any atom is 0.174 e. The summed E-state index contributed by atoms with van der Waals surface area (Å²) in [5.41, 5.74) is 1.26. The number of hydrogen-bond donors (Lipinski definition) is 0. The highest BCUT2D eigenvalue weighted by Gasteiger charge is 2.22. The van der Waals surface area contributed by atoms with Crippen molar-refractivity contribution in [1.29, 1.82) is 0 Å². The van der Waals surface area contributed by atoms with Crippen molar-refractivity contribution in [2.45, 2.75) is 19.6 Å². The van der Waals surface area contributed by atoms with Crippen LogP contribution < -0.4 is 9.47 Å². The average molecular weight is 488 g/mol. The molecule has 2 aromatic carbocycles. The Morgan fingerprint density at radius 2 is 2.00 bits per heavy atom. The summed E-state index contributed by atoms with van der Waals surface area (Å²) in [6, 6.07) is 14.0. The lowest BCUT2D eigenvalue weighted by Crippen LogP contribution is -2.44. The van der Waals surface area contributed by atoms with E-state index in [0.29, 0.717) is 19.8 Å². The quantitative estimate of drug-likeness (QED) is 0.533. The molecule has 0 saturated carbocycles. The molecule has 0 radical (unpaired) electrons. The molecule has 0 aliphatic carbocycles. The normalized spacial score (nSPS) is 17.9. The molecule has 1 unspecified atom stereocenters. The molecule has 1 fully saturated rings. The first-order chi connectivity index (χ1) is 12.7. The fourth-order valence-electron chi connectivity index (χ4n) is 2.94. The molecule has 26 heavy (non-hydrogen) atoms. The van der Waals surface area contributed by atoms with E-state index in [-0.39, 0.29) is 6.10 Å². The lowest BCUT2D eigenvalue weighted by Gasteiger charge is -2.33. The minimum absolute atomic E-state index is 0.0448. The van der Waals surface area contributed by atoms with Crippen LogP contribution in [0.4, 0.5) is 0 Å². The van der Waals surface area contributed by atoms with Gasteiger partial charge in [0.1, 0.15) is 12.7 Å². The molecule has 0 N–H and O–H groups in total. The predicted molar refractivity (Wildman–Crippen MR) is 112 cm³/mol. The minimum Gasteiger partial charge on any atom is -0.489 e. The number of halogens is 2. The number of rotatable bonds is 7. The second-order valence-corrected chi connectivity index (χ2v) is 7.76. The van der Waals surface area contributed by atoms with Gasteiger partial charge < -0.3 is 14.2 Å². The van der Waals surface area contributed by atoms with Crippen LogP contribution in [0.3, 0.4) is 0 Å². The summed E-state index contributed by atoms with van der Waals surface area (Å²) in [7, 11) is 0. The van der Waals surface area contributed by atoms with Gasteiger partial charge in [-0.2, -0.15) is 0 Å². The van der Waals surface area contributed by atoms with E-state index in [2.05, 4.69) is 39.6 Å². The van der Waals surface area contributed by atoms with Crippen molar-refractivity contribution in [1.82, 2.24) is 4.90 Å². The third-order valence-electron chi connectivity index (χ3n) is 4.19. The van der Waals surface area contributed by atoms with E-state index in [1.807, 2.05) is 37.3 Å². The van der Waals surface area contributed by atoms with E-state index in [4.69, 9.17) is 25.8 Å². The fourth-order valence-corrected chi connectivity index (χ4v) is 3.70. The van der Waals surface area contributed by atoms with Gasteiger partial charge in [0, 0.05) is 24.7 Å². The van der Waals surface area contributed by atoms with Crippen molar-refractivity contribution in [3.8, 4) is 11.5 Å². The van der Waals surface area contributed by atoms with Crippen molar-refractivity contribution < 1.29 is 14.2 Å². The van der Waals surface area contributed by atoms with Crippen LogP contribution in [-0.2, 0) is 11.3 Å². The Kier molecular flexibility index (Phi) is 7.42. The zero-order valence-corrected chi connectivity index (χ0v) is 17.7. The maximum absolute atomic E-state index is 6.03. The summed E-state index contributed by atoms with van der Waals surface area (Å²) in [6.07, 6.45) is 0.0448. The van der Waals surface area contributed by atoms with Gasteiger partial charge in [0.25, 0.3) is 0 Å². The monoisotopic (exact) mass is 487 g/mol. The van der Waals surface area contributed by atoms with Crippen molar-refractivity contribution >= 4 is 34.2 Å². The van der Waals surface area contributed by atoms with Crippen molar-refractivity contribution in [2.75, 3.05) is 32.9 Å². The highest BCUT2D eigenvalue weighted by molar-refractivity contribution is 14.1. The predicted octanol–water partition coefficient (Wildman–Crippen LogP) is 4.62. The first kappa shape index (κ1) is 19.7. The molecule has 0 aromatic heterocycles. The zero-order valence-electron chi connectivity index (χ0n) is 14.8. The smallest absolute Gasteiger partial charge is 0.174 e. The van der Waals surface area contributed by atoms with Crippen LogP contribution in [0.5, 0.6) is 11.5 Å². The van der Waals surface area contributed by atoms with E-state index in [0.717, 1.165) is 39.7 Å². The van der Waals surface area contributed by atoms with E-state index >= 15 is 0 Å². The summed E-state index contributed by atoms with van der Waals surface area (Å²) in [4.78, 5) is 2.39. The van der Waals surface area contributed by atoms with Crippen LogP contribution in [0, 0.1) is 3.57 Å². The summed E-state index contributed by atoms with van der Waals surface area (Å²) in [6.45, 7) is 6.48. The molecule has 1 heterocycles. The summed E-state index contributed by atoms with van der Waals surface area (Å²) in [5, 5.41) is 0.768. The Balaban J connectivity index is 1.55. The van der Waals surface area contributed by atoms with Crippen molar-refractivity contribution in [3.63, 3.8) is 0 Å². The van der Waals surface area contributed by atoms with E-state index in [1.54, 1.807) is 0 Å². The van der Waals surface area contributed by atoms with Gasteiger partial charge >= 0.3 is 0 Å². The van der Waals surface area contributed by atoms with E-state index < -0.39 is 0 Å². The van der Waals surface area contributed by atoms with Gasteiger partial charge in [0.05, 0.1) is 16.8 Å². The molecule has 0 spiro atoms. The number of morpholine rings is 1. The molecular formula is C20H23ClINO3. The molecule has 6 heteroatoms. The Labute approximate surface area is 173 Å². The van der Waals surface area contributed by atoms with Crippen LogP contribution in [0.15, 0.2) is 42.5 Å². The number of hydrogen-bond acceptors (Lipinski definition) is 4. The first-order valence-corrected chi connectivity index (χ1v) is 10.2. The van der Waals surface area contributed by atoms with Crippen molar-refractivity contribution in [2.24, 2.45) is 0 Å². The Bertz CT molecular complexity index is 711. The SMILES string of the molecule is CCOc1c(I)cccc1OCC1CN(Cc2ccc(Cl)cc2)CCO1. The molecule has 1 aliphatic rings. The highest BCUT2D eigenvalue weighted by Crippen LogP contribution is 2.32. The molecule has 0 bridgehead atoms. The molecular weight excluding hydrogens is 465 g/mol. The Hall–Kier alpha value is -1.02. The average Bonchev–Trinajstić information content (AvgIpc) is 2.65. The van der Waals surface area contributed by atoms with Crippen LogP contribution in [0.25, 0.3) is 0 Å². The standard InChI is InChI=1S/C20H23ClINO3/c1-2-24-20-18(22)4-3-5-19(20)26-14-17-13-23(10-11-25-17)12-15-6-8-16(21)9-7-15/h3-9,17H,2,10-14H2,1H3. The van der Waals surface area contributed by atoms with Crippen LogP contribution in [-0.4, -0.2) is 43.9 Å². The van der Waals surface area contributed by atoms with Crippen LogP contribution in [0.1, 0.15) is 12.5 Å². The summed E-state index contributed by atoms with van der Waals surface area (Å²) >= 11 is 8.23. The number of nitrogens with zero attached hydrogens (tertiary/aromatic N) is 1. The second kappa shape index (κ2) is 9.78. The van der Waals surface area contributed by atoms with E-state index in [1.165, 1.54) is 5.56 Å². The molecule has 140 valence electrons. The molecule has 1 aliphatic heterocycles. The third-order valence-corrected chi connectivity index (χ3v) is 5.29. The van der Waals surface area contributed by atoms with Gasteiger partial charge in [-0.05, 0) is 59.3 Å².